The Bertz CT molecular complexity index is 2410. The molecule has 0 unspecified atom stereocenters. The molecule has 256 valence electrons. The van der Waals surface area contributed by atoms with Gasteiger partial charge < -0.3 is 0 Å². The van der Waals surface area contributed by atoms with Gasteiger partial charge in [-0.2, -0.15) is 9.61 Å². The lowest BCUT2D eigenvalue weighted by atomic mass is 9.77. The van der Waals surface area contributed by atoms with Gasteiger partial charge in [-0.15, -0.1) is 5.10 Å². The van der Waals surface area contributed by atoms with Crippen LogP contribution in [-0.2, 0) is 18.5 Å². The van der Waals surface area contributed by atoms with E-state index in [9.17, 15) is 4.79 Å². The summed E-state index contributed by atoms with van der Waals surface area (Å²) in [5, 5.41) is 18.0. The molecular weight excluding hydrogens is 712 g/mol. The summed E-state index contributed by atoms with van der Waals surface area (Å²) >= 11 is 3.49. The Morgan fingerprint density at radius 3 is 1.88 bits per heavy atom. The van der Waals surface area contributed by atoms with Crippen molar-refractivity contribution < 1.29 is 0 Å². The zero-order chi connectivity index (χ0) is 35.5. The summed E-state index contributed by atoms with van der Waals surface area (Å²) in [6.07, 6.45) is 4.26. The molecule has 0 spiro atoms. The van der Waals surface area contributed by atoms with Crippen molar-refractivity contribution in [2.45, 2.75) is 38.3 Å². The number of rotatable bonds is 11. The molecule has 8 rings (SSSR count). The monoisotopic (exact) mass is 746 g/mol. The smallest absolute Gasteiger partial charge is 0.275 e. The van der Waals surface area contributed by atoms with Gasteiger partial charge in [0.25, 0.3) is 0 Å². The lowest BCUT2D eigenvalue weighted by Gasteiger charge is -2.36. The molecule has 0 atom stereocenters. The number of tetrazole rings is 1. The maximum absolute atomic E-state index is 13.6. The summed E-state index contributed by atoms with van der Waals surface area (Å²) in [6, 6.07) is 47.7. The highest BCUT2D eigenvalue weighted by Crippen LogP contribution is 2.43. The number of nitrogens with zero attached hydrogens (tertiary/aromatic N) is 8. The number of benzene rings is 5. The topological polar surface area (TPSA) is 95.8 Å². The molecular formula is C42H35BrN8O. The third-order valence-electron chi connectivity index (χ3n) is 9.55. The number of fused-ring (bicyclic) bond motifs is 1. The van der Waals surface area contributed by atoms with E-state index in [0.29, 0.717) is 28.9 Å². The Labute approximate surface area is 309 Å². The number of aromatic nitrogens is 8. The van der Waals surface area contributed by atoms with E-state index in [1.54, 1.807) is 10.8 Å². The summed E-state index contributed by atoms with van der Waals surface area (Å²) < 4.78 is 5.75. The van der Waals surface area contributed by atoms with E-state index in [1.165, 1.54) is 4.52 Å². The SMILES string of the molecule is CCCCc1nc2c(Br)cnn2c(=O)n1Cc1ccc(-c2ccccc2-c2nnnn2C(c2ccccc2)(c2ccccc2)c2ccccc2)cc1. The van der Waals surface area contributed by atoms with Crippen molar-refractivity contribution in [3.05, 3.63) is 189 Å². The second-order valence-electron chi connectivity index (χ2n) is 12.7. The molecule has 0 aliphatic rings. The van der Waals surface area contributed by atoms with Crippen molar-refractivity contribution in [2.24, 2.45) is 0 Å². The van der Waals surface area contributed by atoms with Crippen LogP contribution in [0, 0.1) is 0 Å². The summed E-state index contributed by atoms with van der Waals surface area (Å²) in [7, 11) is 0. The van der Waals surface area contributed by atoms with Crippen molar-refractivity contribution in [1.29, 1.82) is 0 Å². The zero-order valence-electron chi connectivity index (χ0n) is 28.5. The summed E-state index contributed by atoms with van der Waals surface area (Å²) in [5.41, 5.74) is 6.42. The fourth-order valence-corrected chi connectivity index (χ4v) is 7.39. The van der Waals surface area contributed by atoms with Crippen LogP contribution in [0.4, 0.5) is 0 Å². The maximum atomic E-state index is 13.6. The number of hydrogen-bond donors (Lipinski definition) is 0. The van der Waals surface area contributed by atoms with Gasteiger partial charge in [0.1, 0.15) is 11.4 Å². The van der Waals surface area contributed by atoms with Crippen LogP contribution < -0.4 is 5.69 Å². The molecule has 3 aromatic heterocycles. The van der Waals surface area contributed by atoms with Gasteiger partial charge in [-0.1, -0.05) is 153 Å². The molecule has 0 saturated carbocycles. The van der Waals surface area contributed by atoms with Gasteiger partial charge in [-0.05, 0) is 66.2 Å². The molecule has 8 aromatic rings. The van der Waals surface area contributed by atoms with Crippen LogP contribution in [0.15, 0.2) is 155 Å². The predicted octanol–water partition coefficient (Wildman–Crippen LogP) is 8.21. The molecule has 9 nitrogen and oxygen atoms in total. The van der Waals surface area contributed by atoms with Crippen molar-refractivity contribution >= 4 is 21.6 Å². The van der Waals surface area contributed by atoms with E-state index in [4.69, 9.17) is 15.3 Å². The number of halogens is 1. The van der Waals surface area contributed by atoms with Crippen molar-refractivity contribution in [3.8, 4) is 22.5 Å². The standard InChI is InChI=1S/C42H35BrN8O/c1-2-3-23-38-45-40-37(43)28-44-50(40)41(52)49(38)29-30-24-26-31(27-25-30)35-21-13-14-22-36(35)39-46-47-48-51(39)42(32-15-7-4-8-16-32,33-17-9-5-10-18-33)34-19-11-6-12-20-34/h4-22,24-28H,2-3,23,29H2,1H3. The summed E-state index contributed by atoms with van der Waals surface area (Å²) in [6.45, 7) is 2.52. The molecule has 0 aliphatic heterocycles. The fraction of sp³-hybridized carbons (Fsp3) is 0.143. The maximum Gasteiger partial charge on any atom is 0.352 e. The first-order chi connectivity index (χ1) is 25.6. The van der Waals surface area contributed by atoms with Crippen LogP contribution in [0.25, 0.3) is 28.2 Å². The second kappa shape index (κ2) is 14.3. The lowest BCUT2D eigenvalue weighted by molar-refractivity contribution is 0.451. The van der Waals surface area contributed by atoms with E-state index in [-0.39, 0.29) is 5.69 Å². The minimum atomic E-state index is -0.873. The molecule has 0 N–H and O–H groups in total. The molecule has 10 heteroatoms. The number of hydrogen-bond acceptors (Lipinski definition) is 6. The van der Waals surface area contributed by atoms with Gasteiger partial charge in [-0.3, -0.25) is 4.57 Å². The lowest BCUT2D eigenvalue weighted by Crippen LogP contribution is -2.39. The Morgan fingerprint density at radius 2 is 1.29 bits per heavy atom. The predicted molar refractivity (Wildman–Crippen MR) is 206 cm³/mol. The Balaban J connectivity index is 1.23. The van der Waals surface area contributed by atoms with Crippen LogP contribution in [0.2, 0.25) is 0 Å². The Hall–Kier alpha value is -6.00. The first-order valence-electron chi connectivity index (χ1n) is 17.4. The third kappa shape index (κ3) is 5.84. The van der Waals surface area contributed by atoms with Gasteiger partial charge in [-0.25, -0.2) is 14.5 Å². The number of unbranched alkanes of at least 4 members (excludes halogenated alkanes) is 1. The Kier molecular flexibility index (Phi) is 9.13. The molecule has 3 heterocycles. The Morgan fingerprint density at radius 1 is 0.712 bits per heavy atom. The highest BCUT2D eigenvalue weighted by molar-refractivity contribution is 9.10. The molecule has 0 amide bonds. The van der Waals surface area contributed by atoms with E-state index >= 15 is 0 Å². The van der Waals surface area contributed by atoms with Gasteiger partial charge in [0, 0.05) is 12.0 Å². The average molecular weight is 748 g/mol. The molecule has 0 bridgehead atoms. The normalized spacial score (nSPS) is 11.7. The van der Waals surface area contributed by atoms with Crippen molar-refractivity contribution in [2.75, 3.05) is 0 Å². The van der Waals surface area contributed by atoms with Crippen molar-refractivity contribution in [1.82, 2.24) is 39.4 Å². The average Bonchev–Trinajstić information content (AvgIpc) is 3.84. The van der Waals surface area contributed by atoms with E-state index in [1.807, 2.05) is 35.0 Å². The quantitative estimate of drug-likeness (QED) is 0.124. The van der Waals surface area contributed by atoms with E-state index < -0.39 is 5.54 Å². The highest BCUT2D eigenvalue weighted by atomic mass is 79.9. The summed E-state index contributed by atoms with van der Waals surface area (Å²) in [5.74, 6) is 1.38. The molecule has 0 aliphatic carbocycles. The van der Waals surface area contributed by atoms with Gasteiger partial charge in [0.05, 0.1) is 17.2 Å². The minimum Gasteiger partial charge on any atom is -0.275 e. The molecule has 5 aromatic carbocycles. The van der Waals surface area contributed by atoms with Gasteiger partial charge in [0.2, 0.25) is 0 Å². The molecule has 0 fully saturated rings. The zero-order valence-corrected chi connectivity index (χ0v) is 30.1. The van der Waals surface area contributed by atoms with Crippen LogP contribution in [0.5, 0.6) is 0 Å². The fourth-order valence-electron chi connectivity index (χ4n) is 7.04. The largest absolute Gasteiger partial charge is 0.352 e. The molecule has 0 saturated heterocycles. The van der Waals surface area contributed by atoms with Crippen LogP contribution >= 0.6 is 15.9 Å². The molecule has 0 radical (unpaired) electrons. The highest BCUT2D eigenvalue weighted by Gasteiger charge is 2.42. The van der Waals surface area contributed by atoms with E-state index in [2.05, 4.69) is 142 Å². The first kappa shape index (κ1) is 33.2. The summed E-state index contributed by atoms with van der Waals surface area (Å²) in [4.78, 5) is 18.4. The minimum absolute atomic E-state index is 0.207. The third-order valence-corrected chi connectivity index (χ3v) is 10.1. The number of aryl methyl sites for hydroxylation is 1. The van der Waals surface area contributed by atoms with Gasteiger partial charge in [0.15, 0.2) is 11.5 Å². The van der Waals surface area contributed by atoms with Crippen LogP contribution in [0.3, 0.4) is 0 Å². The van der Waals surface area contributed by atoms with Crippen LogP contribution in [0.1, 0.15) is 47.8 Å². The second-order valence-corrected chi connectivity index (χ2v) is 13.5. The molecule has 52 heavy (non-hydrogen) atoms. The van der Waals surface area contributed by atoms with Crippen molar-refractivity contribution in [3.63, 3.8) is 0 Å². The van der Waals surface area contributed by atoms with Crippen LogP contribution in [-0.4, -0.2) is 39.4 Å². The van der Waals surface area contributed by atoms with E-state index in [0.717, 1.165) is 57.6 Å². The first-order valence-corrected chi connectivity index (χ1v) is 18.2. The van der Waals surface area contributed by atoms with Gasteiger partial charge >= 0.3 is 5.69 Å².